The van der Waals surface area contributed by atoms with E-state index in [1.807, 2.05) is 29.6 Å². The van der Waals surface area contributed by atoms with Gasteiger partial charge in [-0.1, -0.05) is 6.07 Å². The summed E-state index contributed by atoms with van der Waals surface area (Å²) in [5.74, 6) is -0.438. The van der Waals surface area contributed by atoms with Gasteiger partial charge in [-0.3, -0.25) is 4.98 Å². The highest BCUT2D eigenvalue weighted by Gasteiger charge is 2.14. The highest BCUT2D eigenvalue weighted by Crippen LogP contribution is 2.30. The first-order chi connectivity index (χ1) is 9.29. The van der Waals surface area contributed by atoms with Crippen molar-refractivity contribution in [2.45, 2.75) is 0 Å². The molecular formula is C14H10N2O2S. The van der Waals surface area contributed by atoms with Gasteiger partial charge < -0.3 is 4.74 Å². The molecule has 0 N–H and O–H groups in total. The second kappa shape index (κ2) is 4.78. The average molecular weight is 270 g/mol. The maximum atomic E-state index is 11.7. The van der Waals surface area contributed by atoms with Crippen LogP contribution in [0.25, 0.3) is 21.5 Å². The van der Waals surface area contributed by atoms with Crippen molar-refractivity contribution in [3.05, 3.63) is 47.6 Å². The Kier molecular flexibility index (Phi) is 2.97. The van der Waals surface area contributed by atoms with Crippen molar-refractivity contribution >= 4 is 27.4 Å². The molecular weight excluding hydrogens is 260 g/mol. The number of esters is 1. The molecule has 0 unspecified atom stereocenters. The number of nitrogens with zero attached hydrogens (tertiary/aromatic N) is 2. The third-order valence-electron chi connectivity index (χ3n) is 2.75. The van der Waals surface area contributed by atoms with Crippen LogP contribution in [0.3, 0.4) is 0 Å². The van der Waals surface area contributed by atoms with Crippen LogP contribution in [-0.4, -0.2) is 23.0 Å². The first kappa shape index (κ1) is 11.8. The van der Waals surface area contributed by atoms with Crippen molar-refractivity contribution in [1.29, 1.82) is 0 Å². The number of ether oxygens (including phenoxy) is 1. The Balaban J connectivity index is 2.27. The lowest BCUT2D eigenvalue weighted by atomic mass is 10.1. The molecule has 0 bridgehead atoms. The molecule has 0 aromatic carbocycles. The summed E-state index contributed by atoms with van der Waals surface area (Å²) in [7, 11) is 1.35. The highest BCUT2D eigenvalue weighted by atomic mass is 32.1. The van der Waals surface area contributed by atoms with Gasteiger partial charge in [-0.2, -0.15) is 0 Å². The van der Waals surface area contributed by atoms with Gasteiger partial charge in [-0.15, -0.1) is 11.3 Å². The predicted octanol–water partition coefficient (Wildman–Crippen LogP) is 3.14. The highest BCUT2D eigenvalue weighted by molar-refractivity contribution is 7.17. The minimum atomic E-state index is -0.438. The van der Waals surface area contributed by atoms with E-state index in [0.29, 0.717) is 11.4 Å². The molecule has 0 aliphatic heterocycles. The third kappa shape index (κ3) is 2.08. The normalized spacial score (nSPS) is 10.6. The maximum absolute atomic E-state index is 11.7. The number of rotatable bonds is 2. The summed E-state index contributed by atoms with van der Waals surface area (Å²) in [5.41, 5.74) is 1.76. The molecule has 0 saturated heterocycles. The molecule has 0 spiro atoms. The fraction of sp³-hybridized carbons (Fsp3) is 0.0714. The van der Waals surface area contributed by atoms with Crippen LogP contribution in [0.15, 0.2) is 41.9 Å². The van der Waals surface area contributed by atoms with Crippen LogP contribution in [-0.2, 0) is 4.74 Å². The Morgan fingerprint density at radius 1 is 1.32 bits per heavy atom. The zero-order valence-corrected chi connectivity index (χ0v) is 11.0. The van der Waals surface area contributed by atoms with E-state index in [2.05, 4.69) is 9.97 Å². The van der Waals surface area contributed by atoms with Crippen LogP contribution in [0.1, 0.15) is 10.5 Å². The molecule has 19 heavy (non-hydrogen) atoms. The number of hydrogen-bond donors (Lipinski definition) is 0. The lowest BCUT2D eigenvalue weighted by Crippen LogP contribution is -2.05. The number of carbonyl (C=O) groups excluding carboxylic acids is 1. The van der Waals surface area contributed by atoms with Crippen LogP contribution in [0, 0.1) is 0 Å². The summed E-state index contributed by atoms with van der Waals surface area (Å²) in [6.07, 6.45) is 1.71. The van der Waals surface area contributed by atoms with Gasteiger partial charge in [-0.25, -0.2) is 9.78 Å². The monoisotopic (exact) mass is 270 g/mol. The lowest BCUT2D eigenvalue weighted by molar-refractivity contribution is 0.0594. The molecule has 0 fully saturated rings. The average Bonchev–Trinajstić information content (AvgIpc) is 2.94. The molecule has 5 heteroatoms. The number of thiophene rings is 1. The van der Waals surface area contributed by atoms with Crippen molar-refractivity contribution in [2.75, 3.05) is 7.11 Å². The van der Waals surface area contributed by atoms with Crippen molar-refractivity contribution in [3.8, 4) is 11.4 Å². The SMILES string of the molecule is COC(=O)c1cc2sccc2c(-c2ccccn2)n1. The fourth-order valence-electron chi connectivity index (χ4n) is 1.87. The molecule has 3 aromatic rings. The van der Waals surface area contributed by atoms with Gasteiger partial charge >= 0.3 is 5.97 Å². The molecule has 3 heterocycles. The van der Waals surface area contributed by atoms with Crippen molar-refractivity contribution in [3.63, 3.8) is 0 Å². The van der Waals surface area contributed by atoms with E-state index in [9.17, 15) is 4.79 Å². The molecule has 94 valence electrons. The molecule has 0 radical (unpaired) electrons. The minimum absolute atomic E-state index is 0.304. The van der Waals surface area contributed by atoms with Crippen LogP contribution < -0.4 is 0 Å². The molecule has 4 nitrogen and oxygen atoms in total. The summed E-state index contributed by atoms with van der Waals surface area (Å²) in [6, 6.07) is 9.35. The molecule has 3 rings (SSSR count). The lowest BCUT2D eigenvalue weighted by Gasteiger charge is -2.05. The second-order valence-corrected chi connectivity index (χ2v) is 4.84. The largest absolute Gasteiger partial charge is 0.464 e. The maximum Gasteiger partial charge on any atom is 0.356 e. The van der Waals surface area contributed by atoms with Crippen LogP contribution in [0.4, 0.5) is 0 Å². The molecule has 0 amide bonds. The number of carbonyl (C=O) groups is 1. The zero-order chi connectivity index (χ0) is 13.2. The topological polar surface area (TPSA) is 52.1 Å². The second-order valence-electron chi connectivity index (χ2n) is 3.90. The minimum Gasteiger partial charge on any atom is -0.464 e. The van der Waals surface area contributed by atoms with Gasteiger partial charge in [0, 0.05) is 16.3 Å². The Labute approximate surface area is 113 Å². The fourth-order valence-corrected chi connectivity index (χ4v) is 2.69. The van der Waals surface area contributed by atoms with E-state index >= 15 is 0 Å². The molecule has 3 aromatic heterocycles. The number of fused-ring (bicyclic) bond motifs is 1. The van der Waals surface area contributed by atoms with E-state index in [4.69, 9.17) is 4.74 Å². The summed E-state index contributed by atoms with van der Waals surface area (Å²) in [5, 5.41) is 2.97. The summed E-state index contributed by atoms with van der Waals surface area (Å²) < 4.78 is 5.73. The van der Waals surface area contributed by atoms with Gasteiger partial charge in [0.25, 0.3) is 0 Å². The Bertz CT molecular complexity index is 738. The number of pyridine rings is 2. The molecule has 0 aliphatic carbocycles. The van der Waals surface area contributed by atoms with Gasteiger partial charge in [-0.05, 0) is 29.6 Å². The van der Waals surface area contributed by atoms with E-state index < -0.39 is 5.97 Å². The predicted molar refractivity (Wildman–Crippen MR) is 74.2 cm³/mol. The first-order valence-corrected chi connectivity index (χ1v) is 6.55. The molecule has 0 atom stereocenters. The Morgan fingerprint density at radius 2 is 2.21 bits per heavy atom. The van der Waals surface area contributed by atoms with Crippen LogP contribution in [0.2, 0.25) is 0 Å². The standard InChI is InChI=1S/C14H10N2O2S/c1-18-14(17)11-8-12-9(5-7-19-12)13(16-11)10-4-2-3-6-15-10/h2-8H,1H3. The van der Waals surface area contributed by atoms with Crippen molar-refractivity contribution in [2.24, 2.45) is 0 Å². The van der Waals surface area contributed by atoms with Gasteiger partial charge in [0.05, 0.1) is 18.5 Å². The smallest absolute Gasteiger partial charge is 0.356 e. The quantitative estimate of drug-likeness (QED) is 0.671. The van der Waals surface area contributed by atoms with Gasteiger partial charge in [0.2, 0.25) is 0 Å². The zero-order valence-electron chi connectivity index (χ0n) is 10.2. The molecule has 0 aliphatic rings. The number of hydrogen-bond acceptors (Lipinski definition) is 5. The van der Waals surface area contributed by atoms with Crippen molar-refractivity contribution < 1.29 is 9.53 Å². The number of methoxy groups -OCH3 is 1. The van der Waals surface area contributed by atoms with Crippen LogP contribution >= 0.6 is 11.3 Å². The summed E-state index contributed by atoms with van der Waals surface area (Å²) in [6.45, 7) is 0. The summed E-state index contributed by atoms with van der Waals surface area (Å²) >= 11 is 1.56. The Morgan fingerprint density at radius 3 is 2.95 bits per heavy atom. The van der Waals surface area contributed by atoms with Crippen molar-refractivity contribution in [1.82, 2.24) is 9.97 Å². The van der Waals surface area contributed by atoms with E-state index in [-0.39, 0.29) is 0 Å². The van der Waals surface area contributed by atoms with Gasteiger partial charge in [0.15, 0.2) is 5.69 Å². The summed E-state index contributed by atoms with van der Waals surface area (Å²) in [4.78, 5) is 20.3. The van der Waals surface area contributed by atoms with E-state index in [1.165, 1.54) is 7.11 Å². The molecule has 0 saturated carbocycles. The third-order valence-corrected chi connectivity index (χ3v) is 3.62. The van der Waals surface area contributed by atoms with E-state index in [1.54, 1.807) is 23.6 Å². The first-order valence-electron chi connectivity index (χ1n) is 5.67. The number of aromatic nitrogens is 2. The van der Waals surface area contributed by atoms with Gasteiger partial charge in [0.1, 0.15) is 0 Å². The van der Waals surface area contributed by atoms with Crippen LogP contribution in [0.5, 0.6) is 0 Å². The van der Waals surface area contributed by atoms with E-state index in [0.717, 1.165) is 15.8 Å². The Hall–Kier alpha value is -2.27.